The molecule has 1 heterocycles. The molecule has 1 aliphatic carbocycles. The van der Waals surface area contributed by atoms with Gasteiger partial charge in [-0.3, -0.25) is 4.79 Å². The van der Waals surface area contributed by atoms with Crippen LogP contribution in [0.5, 0.6) is 0 Å². The number of nitrogens with one attached hydrogen (secondary N) is 1. The lowest BCUT2D eigenvalue weighted by Gasteiger charge is -2.35. The average molecular weight is 259 g/mol. The Morgan fingerprint density at radius 3 is 2.59 bits per heavy atom. The van der Waals surface area contributed by atoms with Crippen LogP contribution in [0.2, 0.25) is 0 Å². The Morgan fingerprint density at radius 2 is 2.00 bits per heavy atom. The number of amides is 1. The van der Waals surface area contributed by atoms with Crippen molar-refractivity contribution in [2.75, 3.05) is 25.2 Å². The molecule has 17 heavy (non-hydrogen) atoms. The molecule has 2 fully saturated rings. The highest BCUT2D eigenvalue weighted by Crippen LogP contribution is 2.35. The molecule has 2 aliphatic rings. The quantitative estimate of drug-likeness (QED) is 0.832. The summed E-state index contributed by atoms with van der Waals surface area (Å²) in [5.74, 6) is 0.753. The number of hydrogen-bond acceptors (Lipinski definition) is 4. The fraction of sp³-hybridized carbons (Fsp3) is 0.917. The summed E-state index contributed by atoms with van der Waals surface area (Å²) in [7, 11) is 0. The van der Waals surface area contributed by atoms with Gasteiger partial charge in [-0.2, -0.15) is 11.8 Å². The fourth-order valence-corrected chi connectivity index (χ4v) is 2.87. The zero-order valence-corrected chi connectivity index (χ0v) is 11.2. The Bertz CT molecular complexity index is 256. The van der Waals surface area contributed by atoms with Crippen molar-refractivity contribution in [2.24, 2.45) is 0 Å². The molecular weight excluding hydrogens is 238 g/mol. The Hall–Kier alpha value is -0.260. The van der Waals surface area contributed by atoms with Crippen molar-refractivity contribution in [3.63, 3.8) is 0 Å². The molecule has 98 valence electrons. The third-order valence-corrected chi connectivity index (χ3v) is 4.07. The normalized spacial score (nSPS) is 24.1. The van der Waals surface area contributed by atoms with Crippen molar-refractivity contribution >= 4 is 17.7 Å². The van der Waals surface area contributed by atoms with Crippen LogP contribution < -0.4 is 5.32 Å². The standard InChI is InChI=1S/C12H21NO3S/c1-17-9-4-11(14)13-10-2-5-12(6-3-10)15-7-8-16-12/h10H,2-9H2,1H3,(H,13,14). The average Bonchev–Trinajstić information content (AvgIpc) is 2.79. The maximum absolute atomic E-state index is 11.6. The molecule has 0 aromatic carbocycles. The smallest absolute Gasteiger partial charge is 0.221 e. The highest BCUT2D eigenvalue weighted by molar-refractivity contribution is 7.98. The lowest BCUT2D eigenvalue weighted by atomic mass is 9.90. The molecule has 1 N–H and O–H groups in total. The van der Waals surface area contributed by atoms with Gasteiger partial charge in [0.15, 0.2) is 5.79 Å². The molecule has 1 spiro atoms. The van der Waals surface area contributed by atoms with E-state index in [0.29, 0.717) is 25.7 Å². The summed E-state index contributed by atoms with van der Waals surface area (Å²) in [6.07, 6.45) is 6.37. The van der Waals surface area contributed by atoms with Crippen molar-refractivity contribution in [1.29, 1.82) is 0 Å². The van der Waals surface area contributed by atoms with E-state index in [2.05, 4.69) is 5.32 Å². The fourth-order valence-electron chi connectivity index (χ4n) is 2.48. The molecule has 0 radical (unpaired) electrons. The molecule has 1 saturated heterocycles. The van der Waals surface area contributed by atoms with Crippen LogP contribution in [0.3, 0.4) is 0 Å². The summed E-state index contributed by atoms with van der Waals surface area (Å²) in [5, 5.41) is 3.10. The van der Waals surface area contributed by atoms with Gasteiger partial charge < -0.3 is 14.8 Å². The van der Waals surface area contributed by atoms with Crippen molar-refractivity contribution in [1.82, 2.24) is 5.32 Å². The molecule has 1 saturated carbocycles. The van der Waals surface area contributed by atoms with Crippen molar-refractivity contribution in [2.45, 2.75) is 43.9 Å². The van der Waals surface area contributed by atoms with E-state index >= 15 is 0 Å². The molecule has 0 atom stereocenters. The van der Waals surface area contributed by atoms with Crippen molar-refractivity contribution in [3.05, 3.63) is 0 Å². The van der Waals surface area contributed by atoms with Gasteiger partial charge >= 0.3 is 0 Å². The van der Waals surface area contributed by atoms with Crippen LogP contribution >= 0.6 is 11.8 Å². The second-order valence-electron chi connectivity index (χ2n) is 4.69. The molecule has 0 unspecified atom stereocenters. The van der Waals surface area contributed by atoms with E-state index in [-0.39, 0.29) is 11.7 Å². The topological polar surface area (TPSA) is 47.6 Å². The first kappa shape index (κ1) is 13.2. The van der Waals surface area contributed by atoms with Crippen LogP contribution in [0.4, 0.5) is 0 Å². The largest absolute Gasteiger partial charge is 0.353 e. The molecule has 1 aliphatic heterocycles. The molecule has 4 nitrogen and oxygen atoms in total. The van der Waals surface area contributed by atoms with Crippen LogP contribution in [0, 0.1) is 0 Å². The Labute approximate surface area is 107 Å². The van der Waals surface area contributed by atoms with Gasteiger partial charge in [0.2, 0.25) is 5.91 Å². The van der Waals surface area contributed by atoms with E-state index in [1.807, 2.05) is 6.26 Å². The predicted molar refractivity (Wildman–Crippen MR) is 68.0 cm³/mol. The first-order valence-corrected chi connectivity index (χ1v) is 7.70. The van der Waals surface area contributed by atoms with E-state index in [1.165, 1.54) is 0 Å². The minimum Gasteiger partial charge on any atom is -0.353 e. The van der Waals surface area contributed by atoms with Crippen LogP contribution in [0.25, 0.3) is 0 Å². The summed E-state index contributed by atoms with van der Waals surface area (Å²) in [4.78, 5) is 11.6. The number of thioether (sulfide) groups is 1. The second-order valence-corrected chi connectivity index (χ2v) is 5.68. The maximum Gasteiger partial charge on any atom is 0.221 e. The van der Waals surface area contributed by atoms with Gasteiger partial charge in [-0.1, -0.05) is 0 Å². The SMILES string of the molecule is CSCCC(=O)NC1CCC2(CC1)OCCO2. The van der Waals surface area contributed by atoms with Crippen LogP contribution in [0.15, 0.2) is 0 Å². The van der Waals surface area contributed by atoms with E-state index in [1.54, 1.807) is 11.8 Å². The first-order valence-electron chi connectivity index (χ1n) is 6.30. The minimum absolute atomic E-state index is 0.175. The molecule has 0 aromatic rings. The van der Waals surface area contributed by atoms with Crippen LogP contribution in [0.1, 0.15) is 32.1 Å². The van der Waals surface area contributed by atoms with Crippen molar-refractivity contribution in [3.8, 4) is 0 Å². The Morgan fingerprint density at radius 1 is 1.35 bits per heavy atom. The van der Waals surface area contributed by atoms with Gasteiger partial charge in [0.1, 0.15) is 0 Å². The molecule has 2 rings (SSSR count). The van der Waals surface area contributed by atoms with Gasteiger partial charge in [-0.05, 0) is 19.1 Å². The monoisotopic (exact) mass is 259 g/mol. The van der Waals surface area contributed by atoms with Gasteiger partial charge in [0, 0.05) is 31.1 Å². The lowest BCUT2D eigenvalue weighted by molar-refractivity contribution is -0.180. The highest BCUT2D eigenvalue weighted by Gasteiger charge is 2.40. The Kier molecular flexibility index (Phi) is 4.70. The zero-order chi connectivity index (χ0) is 12.1. The van der Waals surface area contributed by atoms with Gasteiger partial charge in [-0.25, -0.2) is 0 Å². The summed E-state index contributed by atoms with van der Waals surface area (Å²) in [6, 6.07) is 0.308. The maximum atomic E-state index is 11.6. The molecule has 1 amide bonds. The van der Waals surface area contributed by atoms with E-state index in [4.69, 9.17) is 9.47 Å². The van der Waals surface area contributed by atoms with Crippen LogP contribution in [-0.2, 0) is 14.3 Å². The number of carbonyl (C=O) groups is 1. The second kappa shape index (κ2) is 6.07. The minimum atomic E-state index is -0.319. The van der Waals surface area contributed by atoms with Crippen LogP contribution in [-0.4, -0.2) is 43.0 Å². The van der Waals surface area contributed by atoms with E-state index in [9.17, 15) is 4.79 Å². The number of rotatable bonds is 4. The third-order valence-electron chi connectivity index (χ3n) is 3.46. The summed E-state index contributed by atoms with van der Waals surface area (Å²) < 4.78 is 11.3. The highest BCUT2D eigenvalue weighted by atomic mass is 32.2. The lowest BCUT2D eigenvalue weighted by Crippen LogP contribution is -2.44. The van der Waals surface area contributed by atoms with Crippen molar-refractivity contribution < 1.29 is 14.3 Å². The number of carbonyl (C=O) groups excluding carboxylic acids is 1. The Balaban J connectivity index is 1.70. The van der Waals surface area contributed by atoms with E-state index in [0.717, 1.165) is 31.4 Å². The molecule has 0 aromatic heterocycles. The number of hydrogen-bond donors (Lipinski definition) is 1. The van der Waals surface area contributed by atoms with E-state index < -0.39 is 0 Å². The van der Waals surface area contributed by atoms with Gasteiger partial charge in [0.05, 0.1) is 13.2 Å². The molecular formula is C12H21NO3S. The predicted octanol–water partition coefficient (Wildman–Crippen LogP) is 1.54. The number of ether oxygens (including phenoxy) is 2. The van der Waals surface area contributed by atoms with Gasteiger partial charge in [0.25, 0.3) is 0 Å². The first-order chi connectivity index (χ1) is 8.24. The molecule has 5 heteroatoms. The summed E-state index contributed by atoms with van der Waals surface area (Å²) >= 11 is 1.71. The summed E-state index contributed by atoms with van der Waals surface area (Å²) in [6.45, 7) is 1.43. The molecule has 0 bridgehead atoms. The summed E-state index contributed by atoms with van der Waals surface area (Å²) in [5.41, 5.74) is 0. The van der Waals surface area contributed by atoms with Gasteiger partial charge in [-0.15, -0.1) is 0 Å². The zero-order valence-electron chi connectivity index (χ0n) is 10.4. The third kappa shape index (κ3) is 3.60.